The van der Waals surface area contributed by atoms with E-state index in [9.17, 15) is 4.79 Å². The first kappa shape index (κ1) is 17.4. The summed E-state index contributed by atoms with van der Waals surface area (Å²) in [4.78, 5) is 14.6. The highest BCUT2D eigenvalue weighted by molar-refractivity contribution is 5.93. The summed E-state index contributed by atoms with van der Waals surface area (Å²) in [5, 5.41) is 1.28. The molecule has 1 aliphatic heterocycles. The molecule has 0 fully saturated rings. The molecule has 138 valence electrons. The maximum absolute atomic E-state index is 12.6. The van der Waals surface area contributed by atoms with Crippen LogP contribution in [0.4, 0.5) is 0 Å². The number of methoxy groups -OCH3 is 1. The molecule has 1 amide bonds. The smallest absolute Gasteiger partial charge is 0.227 e. The quantitative estimate of drug-likeness (QED) is 0.704. The highest BCUT2D eigenvalue weighted by Crippen LogP contribution is 2.30. The third kappa shape index (κ3) is 3.47. The second-order valence-corrected chi connectivity index (χ2v) is 7.01. The molecule has 0 saturated carbocycles. The van der Waals surface area contributed by atoms with Gasteiger partial charge in [-0.3, -0.25) is 4.79 Å². The van der Waals surface area contributed by atoms with Crippen molar-refractivity contribution in [3.63, 3.8) is 0 Å². The fraction of sp³-hybridized carbons (Fsp3) is 0.261. The Balaban J connectivity index is 1.46. The number of hydrogen-bond donors (Lipinski definition) is 0. The van der Waals surface area contributed by atoms with Gasteiger partial charge in [0.2, 0.25) is 5.91 Å². The van der Waals surface area contributed by atoms with E-state index in [4.69, 9.17) is 4.74 Å². The third-order valence-electron chi connectivity index (χ3n) is 5.32. The van der Waals surface area contributed by atoms with E-state index in [1.54, 1.807) is 7.11 Å². The standard InChI is InChI=1S/C23H24N2O2/c1-24-16-21(20-5-3-4-6-22(20)24)18-11-13-25(14-12-18)23(26)15-17-7-9-19(27-2)10-8-17/h3-11,16H,12-15H2,1-2H3. The Morgan fingerprint density at radius 1 is 1.11 bits per heavy atom. The van der Waals surface area contributed by atoms with Gasteiger partial charge in [0.05, 0.1) is 13.5 Å². The second kappa shape index (κ2) is 7.31. The number of para-hydroxylation sites is 1. The van der Waals surface area contributed by atoms with Gasteiger partial charge in [0.15, 0.2) is 0 Å². The Bertz CT molecular complexity index is 999. The van der Waals surface area contributed by atoms with Gasteiger partial charge in [0, 0.05) is 42.8 Å². The monoisotopic (exact) mass is 360 g/mol. The van der Waals surface area contributed by atoms with Crippen molar-refractivity contribution in [2.45, 2.75) is 12.8 Å². The van der Waals surface area contributed by atoms with Gasteiger partial charge < -0.3 is 14.2 Å². The molecule has 27 heavy (non-hydrogen) atoms. The molecule has 0 aliphatic carbocycles. The molecule has 2 aromatic carbocycles. The van der Waals surface area contributed by atoms with Gasteiger partial charge in [-0.15, -0.1) is 0 Å². The number of ether oxygens (including phenoxy) is 1. The number of rotatable bonds is 4. The Hall–Kier alpha value is -3.01. The Labute approximate surface area is 159 Å². The highest BCUT2D eigenvalue weighted by Gasteiger charge is 2.20. The number of carbonyl (C=O) groups is 1. The van der Waals surface area contributed by atoms with Crippen molar-refractivity contribution in [2.24, 2.45) is 7.05 Å². The summed E-state index contributed by atoms with van der Waals surface area (Å²) in [5.74, 6) is 0.986. The van der Waals surface area contributed by atoms with Crippen LogP contribution in [-0.2, 0) is 18.3 Å². The number of hydrogen-bond acceptors (Lipinski definition) is 2. The first-order valence-corrected chi connectivity index (χ1v) is 9.30. The van der Waals surface area contributed by atoms with Crippen LogP contribution in [0.15, 0.2) is 60.8 Å². The lowest BCUT2D eigenvalue weighted by molar-refractivity contribution is -0.130. The number of fused-ring (bicyclic) bond motifs is 1. The first-order valence-electron chi connectivity index (χ1n) is 9.30. The van der Waals surface area contributed by atoms with Gasteiger partial charge in [-0.2, -0.15) is 0 Å². The molecule has 1 aliphatic rings. The fourth-order valence-electron chi connectivity index (χ4n) is 3.77. The lowest BCUT2D eigenvalue weighted by Gasteiger charge is -2.26. The van der Waals surface area contributed by atoms with Crippen LogP contribution < -0.4 is 4.74 Å². The molecule has 0 atom stereocenters. The minimum absolute atomic E-state index is 0.174. The number of aromatic nitrogens is 1. The SMILES string of the molecule is COc1ccc(CC(=O)N2CC=C(c3cn(C)c4ccccc34)CC2)cc1. The third-order valence-corrected chi connectivity index (χ3v) is 5.32. The summed E-state index contributed by atoms with van der Waals surface area (Å²) in [6, 6.07) is 16.2. The van der Waals surface area contributed by atoms with Crippen LogP contribution in [0.2, 0.25) is 0 Å². The zero-order valence-corrected chi connectivity index (χ0v) is 15.8. The normalized spacial score (nSPS) is 14.3. The van der Waals surface area contributed by atoms with Crippen LogP contribution in [0.5, 0.6) is 5.75 Å². The van der Waals surface area contributed by atoms with Crippen LogP contribution in [0.25, 0.3) is 16.5 Å². The molecule has 0 N–H and O–H groups in total. The highest BCUT2D eigenvalue weighted by atomic mass is 16.5. The zero-order chi connectivity index (χ0) is 18.8. The molecule has 3 aromatic rings. The molecule has 0 bridgehead atoms. The van der Waals surface area contributed by atoms with Crippen LogP contribution in [0.1, 0.15) is 17.5 Å². The van der Waals surface area contributed by atoms with E-state index in [0.29, 0.717) is 13.0 Å². The lowest BCUT2D eigenvalue weighted by Crippen LogP contribution is -2.35. The minimum atomic E-state index is 0.174. The summed E-state index contributed by atoms with van der Waals surface area (Å²) in [7, 11) is 3.73. The van der Waals surface area contributed by atoms with Crippen molar-refractivity contribution in [1.29, 1.82) is 0 Å². The maximum Gasteiger partial charge on any atom is 0.227 e. The largest absolute Gasteiger partial charge is 0.497 e. The maximum atomic E-state index is 12.6. The Kier molecular flexibility index (Phi) is 4.71. The number of amides is 1. The van der Waals surface area contributed by atoms with Gasteiger partial charge in [0.25, 0.3) is 0 Å². The van der Waals surface area contributed by atoms with E-state index < -0.39 is 0 Å². The Morgan fingerprint density at radius 2 is 1.89 bits per heavy atom. The summed E-state index contributed by atoms with van der Waals surface area (Å²) in [5.41, 5.74) is 4.88. The Morgan fingerprint density at radius 3 is 2.59 bits per heavy atom. The van der Waals surface area contributed by atoms with Crippen molar-refractivity contribution in [3.8, 4) is 5.75 Å². The van der Waals surface area contributed by atoms with E-state index in [2.05, 4.69) is 48.2 Å². The van der Waals surface area contributed by atoms with E-state index in [1.165, 1.54) is 22.0 Å². The minimum Gasteiger partial charge on any atom is -0.497 e. The second-order valence-electron chi connectivity index (χ2n) is 7.01. The molecule has 2 heterocycles. The molecule has 4 heteroatoms. The van der Waals surface area contributed by atoms with Crippen molar-refractivity contribution in [2.75, 3.05) is 20.2 Å². The van der Waals surface area contributed by atoms with Gasteiger partial charge >= 0.3 is 0 Å². The van der Waals surface area contributed by atoms with Crippen molar-refractivity contribution in [3.05, 3.63) is 71.9 Å². The number of nitrogens with zero attached hydrogens (tertiary/aromatic N) is 2. The lowest BCUT2D eigenvalue weighted by atomic mass is 9.98. The fourth-order valence-corrected chi connectivity index (χ4v) is 3.77. The van der Waals surface area contributed by atoms with Crippen LogP contribution in [0, 0.1) is 0 Å². The molecule has 0 saturated heterocycles. The van der Waals surface area contributed by atoms with Gasteiger partial charge in [-0.05, 0) is 35.8 Å². The molecule has 0 spiro atoms. The summed E-state index contributed by atoms with van der Waals surface area (Å²) in [6.45, 7) is 1.44. The predicted octanol–water partition coefficient (Wildman–Crippen LogP) is 4.05. The van der Waals surface area contributed by atoms with Crippen molar-refractivity contribution >= 4 is 22.4 Å². The van der Waals surface area contributed by atoms with Crippen molar-refractivity contribution < 1.29 is 9.53 Å². The first-order chi connectivity index (χ1) is 13.2. The predicted molar refractivity (Wildman–Crippen MR) is 109 cm³/mol. The van der Waals surface area contributed by atoms with Crippen LogP contribution in [-0.4, -0.2) is 35.6 Å². The average molecular weight is 360 g/mol. The summed E-state index contributed by atoms with van der Waals surface area (Å²) in [6.07, 6.45) is 5.73. The summed E-state index contributed by atoms with van der Waals surface area (Å²) < 4.78 is 7.35. The van der Waals surface area contributed by atoms with Crippen molar-refractivity contribution in [1.82, 2.24) is 9.47 Å². The molecular formula is C23H24N2O2. The van der Waals surface area contributed by atoms with Gasteiger partial charge in [-0.1, -0.05) is 36.4 Å². The molecular weight excluding hydrogens is 336 g/mol. The number of aryl methyl sites for hydroxylation is 1. The molecule has 4 rings (SSSR count). The topological polar surface area (TPSA) is 34.5 Å². The summed E-state index contributed by atoms with van der Waals surface area (Å²) >= 11 is 0. The average Bonchev–Trinajstić information content (AvgIpc) is 3.06. The molecule has 1 aromatic heterocycles. The van der Waals surface area contributed by atoms with Gasteiger partial charge in [0.1, 0.15) is 5.75 Å². The van der Waals surface area contributed by atoms with Gasteiger partial charge in [-0.25, -0.2) is 0 Å². The zero-order valence-electron chi connectivity index (χ0n) is 15.8. The van der Waals surface area contributed by atoms with Crippen LogP contribution in [0.3, 0.4) is 0 Å². The number of carbonyl (C=O) groups excluding carboxylic acids is 1. The van der Waals surface area contributed by atoms with E-state index in [1.807, 2.05) is 29.2 Å². The van der Waals surface area contributed by atoms with E-state index in [-0.39, 0.29) is 5.91 Å². The van der Waals surface area contributed by atoms with E-state index in [0.717, 1.165) is 24.3 Å². The van der Waals surface area contributed by atoms with Crippen LogP contribution >= 0.6 is 0 Å². The molecule has 4 nitrogen and oxygen atoms in total. The van der Waals surface area contributed by atoms with E-state index >= 15 is 0 Å². The molecule has 0 unspecified atom stereocenters. The molecule has 0 radical (unpaired) electrons. The number of benzene rings is 2.